The highest BCUT2D eigenvalue weighted by atomic mass is 32.2. The van der Waals surface area contributed by atoms with Gasteiger partial charge in [-0.25, -0.2) is 4.79 Å². The van der Waals surface area contributed by atoms with Gasteiger partial charge in [-0.15, -0.1) is 11.8 Å². The molecular weight excluding hydrogens is 326 g/mol. The van der Waals surface area contributed by atoms with Crippen LogP contribution < -0.4 is 5.73 Å². The maximum absolute atomic E-state index is 12.1. The molecule has 0 aromatic carbocycles. The molecule has 1 fully saturated rings. The fraction of sp³-hybridized carbons (Fsp3) is 0.615. The average Bonchev–Trinajstić information content (AvgIpc) is 2.70. The number of aliphatic hydroxyl groups excluding tert-OH is 1. The Morgan fingerprint density at radius 2 is 2.18 bits per heavy atom. The zero-order chi connectivity index (χ0) is 16.6. The first kappa shape index (κ1) is 17.2. The first-order chi connectivity index (χ1) is 10.2. The van der Waals surface area contributed by atoms with Crippen LogP contribution in [0, 0.1) is 5.92 Å². The van der Waals surface area contributed by atoms with Gasteiger partial charge < -0.3 is 15.9 Å². The van der Waals surface area contributed by atoms with Gasteiger partial charge in [0.05, 0.1) is 28.6 Å². The third-order valence-electron chi connectivity index (χ3n) is 3.37. The van der Waals surface area contributed by atoms with E-state index in [-0.39, 0.29) is 22.2 Å². The number of carbonyl (C=O) groups is 2. The van der Waals surface area contributed by atoms with Crippen molar-refractivity contribution < 1.29 is 19.8 Å². The van der Waals surface area contributed by atoms with E-state index in [4.69, 9.17) is 5.73 Å². The van der Waals surface area contributed by atoms with E-state index in [1.165, 1.54) is 28.4 Å². The molecule has 0 aromatic rings. The molecule has 122 valence electrons. The number of carboxylic acids is 1. The van der Waals surface area contributed by atoms with E-state index in [2.05, 4.69) is 4.99 Å². The summed E-state index contributed by atoms with van der Waals surface area (Å²) in [6.07, 6.45) is -0.789. The molecule has 7 nitrogen and oxygen atoms in total. The topological polar surface area (TPSA) is 116 Å². The van der Waals surface area contributed by atoms with Gasteiger partial charge in [0.25, 0.3) is 0 Å². The number of aliphatic imine (C=N–C) groups is 1. The monoisotopic (exact) mass is 345 g/mol. The van der Waals surface area contributed by atoms with Crippen molar-refractivity contribution in [1.29, 1.82) is 0 Å². The lowest BCUT2D eigenvalue weighted by Crippen LogP contribution is -2.60. The smallest absolute Gasteiger partial charge is 0.354 e. The van der Waals surface area contributed by atoms with Gasteiger partial charge in [0, 0.05) is 5.25 Å². The summed E-state index contributed by atoms with van der Waals surface area (Å²) in [4.78, 5) is 28.9. The second-order valence-corrected chi connectivity index (χ2v) is 8.17. The Balaban J connectivity index is 2.15. The number of hydrogen-bond acceptors (Lipinski definition) is 6. The molecule has 0 radical (unpaired) electrons. The molecule has 0 bridgehead atoms. The highest BCUT2D eigenvalue weighted by Crippen LogP contribution is 2.54. The zero-order valence-electron chi connectivity index (χ0n) is 12.5. The van der Waals surface area contributed by atoms with Gasteiger partial charge in [0.2, 0.25) is 5.91 Å². The minimum Gasteiger partial charge on any atom is -0.477 e. The lowest BCUT2D eigenvalue weighted by Gasteiger charge is -2.43. The highest BCUT2D eigenvalue weighted by molar-refractivity contribution is 8.23. The molecule has 0 saturated carbocycles. The summed E-state index contributed by atoms with van der Waals surface area (Å²) in [5, 5.41) is 18.8. The molecule has 0 aliphatic carbocycles. The highest BCUT2D eigenvalue weighted by Gasteiger charge is 2.57. The minimum absolute atomic E-state index is 0.0159. The van der Waals surface area contributed by atoms with Crippen LogP contribution in [0.2, 0.25) is 0 Å². The minimum atomic E-state index is -1.12. The van der Waals surface area contributed by atoms with E-state index in [1.807, 2.05) is 6.92 Å². The lowest BCUT2D eigenvalue weighted by atomic mass is 9.92. The SMILES string of the molecule is CC(N)=NCC(C)SC1=C(C(=O)O)N2C(=O)C(C(C)O)[C@H]2S1. The predicted molar refractivity (Wildman–Crippen MR) is 87.3 cm³/mol. The number of β-lactam (4-membered cyclic amide) rings is 1. The number of amidine groups is 1. The second kappa shape index (κ2) is 6.51. The molecule has 2 rings (SSSR count). The quantitative estimate of drug-likeness (QED) is 0.368. The van der Waals surface area contributed by atoms with Crippen molar-refractivity contribution in [2.24, 2.45) is 16.6 Å². The molecule has 9 heteroatoms. The second-order valence-electron chi connectivity index (χ2n) is 5.33. The molecule has 2 aliphatic heterocycles. The predicted octanol–water partition coefficient (Wildman–Crippen LogP) is 0.651. The van der Waals surface area contributed by atoms with E-state index >= 15 is 0 Å². The summed E-state index contributed by atoms with van der Waals surface area (Å²) in [6, 6.07) is 0. The Bertz CT molecular complexity index is 557. The van der Waals surface area contributed by atoms with Crippen molar-refractivity contribution in [2.75, 3.05) is 6.54 Å². The third-order valence-corrected chi connectivity index (χ3v) is 6.06. The Morgan fingerprint density at radius 3 is 2.68 bits per heavy atom. The Labute approximate surface area is 137 Å². The molecule has 4 N–H and O–H groups in total. The summed E-state index contributed by atoms with van der Waals surface area (Å²) in [6.45, 7) is 5.64. The number of aliphatic hydroxyl groups is 1. The molecule has 1 amide bonds. The van der Waals surface area contributed by atoms with Gasteiger partial charge in [-0.1, -0.05) is 18.7 Å². The van der Waals surface area contributed by atoms with E-state index < -0.39 is 18.0 Å². The number of amides is 1. The van der Waals surface area contributed by atoms with Crippen molar-refractivity contribution in [3.05, 3.63) is 9.93 Å². The number of hydrogen-bond donors (Lipinski definition) is 3. The van der Waals surface area contributed by atoms with Gasteiger partial charge in [-0.2, -0.15) is 0 Å². The molecular formula is C13H19N3O4S2. The number of rotatable bonds is 6. The molecule has 2 heterocycles. The van der Waals surface area contributed by atoms with Gasteiger partial charge in [0.1, 0.15) is 5.37 Å². The Morgan fingerprint density at radius 1 is 1.55 bits per heavy atom. The van der Waals surface area contributed by atoms with E-state index in [0.29, 0.717) is 16.6 Å². The van der Waals surface area contributed by atoms with Crippen molar-refractivity contribution in [3.63, 3.8) is 0 Å². The molecule has 0 spiro atoms. The van der Waals surface area contributed by atoms with Crippen molar-refractivity contribution in [1.82, 2.24) is 4.90 Å². The summed E-state index contributed by atoms with van der Waals surface area (Å²) in [7, 11) is 0. The van der Waals surface area contributed by atoms with Crippen molar-refractivity contribution in [2.45, 2.75) is 37.5 Å². The number of aliphatic carboxylic acids is 1. The van der Waals surface area contributed by atoms with Crippen LogP contribution in [0.4, 0.5) is 0 Å². The third kappa shape index (κ3) is 3.11. The largest absolute Gasteiger partial charge is 0.477 e. The summed E-state index contributed by atoms with van der Waals surface area (Å²) < 4.78 is 0.589. The number of carbonyl (C=O) groups excluding carboxylic acids is 1. The number of nitrogens with zero attached hydrogens (tertiary/aromatic N) is 2. The Hall–Kier alpha value is -1.19. The van der Waals surface area contributed by atoms with Crippen LogP contribution in [0.25, 0.3) is 0 Å². The standard InChI is InChI=1S/C13H19N3O4S2/c1-5(4-15-7(3)14)21-13-9(12(19)20)16-10(18)8(6(2)17)11(16)22-13/h5-6,8,11,17H,4H2,1-3H3,(H2,14,15)(H,19,20)/t5?,6?,8?,11-/m1/s1. The summed E-state index contributed by atoms with van der Waals surface area (Å²) >= 11 is 2.70. The van der Waals surface area contributed by atoms with Crippen LogP contribution in [0.3, 0.4) is 0 Å². The molecule has 2 aliphatic rings. The molecule has 22 heavy (non-hydrogen) atoms. The summed E-state index contributed by atoms with van der Waals surface area (Å²) in [5.74, 6) is -1.52. The fourth-order valence-electron chi connectivity index (χ4n) is 2.32. The molecule has 1 saturated heterocycles. The fourth-order valence-corrected chi connectivity index (χ4v) is 5.47. The van der Waals surface area contributed by atoms with Crippen LogP contribution >= 0.6 is 23.5 Å². The van der Waals surface area contributed by atoms with Gasteiger partial charge in [0.15, 0.2) is 5.70 Å². The zero-order valence-corrected chi connectivity index (χ0v) is 14.1. The molecule has 3 unspecified atom stereocenters. The number of thioether (sulfide) groups is 2. The number of nitrogens with two attached hydrogens (primary N) is 1. The normalized spacial score (nSPS) is 27.5. The van der Waals surface area contributed by atoms with Crippen LogP contribution in [0.5, 0.6) is 0 Å². The van der Waals surface area contributed by atoms with Gasteiger partial charge in [-0.3, -0.25) is 14.7 Å². The van der Waals surface area contributed by atoms with Gasteiger partial charge in [-0.05, 0) is 13.8 Å². The first-order valence-corrected chi connectivity index (χ1v) is 8.58. The van der Waals surface area contributed by atoms with E-state index in [0.717, 1.165) is 0 Å². The van der Waals surface area contributed by atoms with Crippen LogP contribution in [0.1, 0.15) is 20.8 Å². The lowest BCUT2D eigenvalue weighted by molar-refractivity contribution is -0.156. The van der Waals surface area contributed by atoms with E-state index in [1.54, 1.807) is 13.8 Å². The summed E-state index contributed by atoms with van der Waals surface area (Å²) in [5.41, 5.74) is 5.51. The Kier molecular flexibility index (Phi) is 5.08. The average molecular weight is 345 g/mol. The molecule has 0 aromatic heterocycles. The molecule has 4 atom stereocenters. The maximum atomic E-state index is 12.1. The maximum Gasteiger partial charge on any atom is 0.354 e. The van der Waals surface area contributed by atoms with Gasteiger partial charge >= 0.3 is 5.97 Å². The van der Waals surface area contributed by atoms with Crippen LogP contribution in [-0.2, 0) is 9.59 Å². The number of fused-ring (bicyclic) bond motifs is 1. The van der Waals surface area contributed by atoms with Crippen molar-refractivity contribution >= 4 is 41.2 Å². The van der Waals surface area contributed by atoms with Crippen LogP contribution in [0.15, 0.2) is 14.9 Å². The van der Waals surface area contributed by atoms with Crippen LogP contribution in [-0.4, -0.2) is 56.1 Å². The van der Waals surface area contributed by atoms with Crippen molar-refractivity contribution in [3.8, 4) is 0 Å². The first-order valence-electron chi connectivity index (χ1n) is 6.82. The number of carboxylic acid groups (broad SMARTS) is 1. The van der Waals surface area contributed by atoms with E-state index in [9.17, 15) is 19.8 Å².